The van der Waals surface area contributed by atoms with E-state index in [2.05, 4.69) is 11.8 Å². The normalized spacial score (nSPS) is 15.2. The summed E-state index contributed by atoms with van der Waals surface area (Å²) in [7, 11) is -3.96. The Hall–Kier alpha value is -2.84. The minimum absolute atomic E-state index is 0.0135. The molecule has 7 nitrogen and oxygen atoms in total. The summed E-state index contributed by atoms with van der Waals surface area (Å²) < 4.78 is 26.2. The van der Waals surface area contributed by atoms with Crippen molar-refractivity contribution in [3.8, 4) is 23.7 Å². The summed E-state index contributed by atoms with van der Waals surface area (Å²) in [6, 6.07) is 6.30. The number of rotatable bonds is 3. The van der Waals surface area contributed by atoms with Crippen LogP contribution in [0.1, 0.15) is 24.8 Å². The second-order valence-corrected chi connectivity index (χ2v) is 5.98. The Labute approximate surface area is 128 Å². The summed E-state index contributed by atoms with van der Waals surface area (Å²) in [6.45, 7) is 0. The molecular formula is C14H13N3O4S. The SMILES string of the molecule is N#CCCCC#Cc1ccc(O)c(N2C=C(O)NS2(=O)=O)c1. The maximum atomic E-state index is 11.8. The number of hydrogen-bond donors (Lipinski definition) is 3. The number of aromatic hydroxyl groups is 1. The lowest BCUT2D eigenvalue weighted by atomic mass is 10.1. The Bertz CT molecular complexity index is 813. The maximum Gasteiger partial charge on any atom is 0.330 e. The van der Waals surface area contributed by atoms with Crippen LogP contribution in [0.15, 0.2) is 30.3 Å². The van der Waals surface area contributed by atoms with Crippen LogP contribution < -0.4 is 9.03 Å². The molecule has 0 spiro atoms. The van der Waals surface area contributed by atoms with Crippen LogP contribution in [0.4, 0.5) is 5.69 Å². The van der Waals surface area contributed by atoms with E-state index in [1.165, 1.54) is 12.1 Å². The fourth-order valence-electron chi connectivity index (χ4n) is 1.79. The first kappa shape index (κ1) is 15.5. The number of anilines is 1. The summed E-state index contributed by atoms with van der Waals surface area (Å²) in [5.41, 5.74) is 0.500. The van der Waals surface area contributed by atoms with Crippen molar-refractivity contribution in [3.05, 3.63) is 35.8 Å². The van der Waals surface area contributed by atoms with Crippen LogP contribution in [-0.2, 0) is 10.2 Å². The van der Waals surface area contributed by atoms with E-state index in [0.717, 1.165) is 10.5 Å². The highest BCUT2D eigenvalue weighted by Gasteiger charge is 2.30. The Morgan fingerprint density at radius 1 is 1.27 bits per heavy atom. The largest absolute Gasteiger partial charge is 0.506 e. The van der Waals surface area contributed by atoms with Gasteiger partial charge < -0.3 is 10.2 Å². The molecule has 1 aromatic carbocycles. The van der Waals surface area contributed by atoms with Gasteiger partial charge in [-0.05, 0) is 24.6 Å². The van der Waals surface area contributed by atoms with Crippen LogP contribution >= 0.6 is 0 Å². The third-order valence-electron chi connectivity index (χ3n) is 2.77. The van der Waals surface area contributed by atoms with Crippen molar-refractivity contribution < 1.29 is 18.6 Å². The first-order valence-electron chi connectivity index (χ1n) is 6.36. The summed E-state index contributed by atoms with van der Waals surface area (Å²) in [5.74, 6) is 4.92. The first-order chi connectivity index (χ1) is 10.4. The minimum atomic E-state index is -3.96. The Kier molecular flexibility index (Phi) is 4.44. The van der Waals surface area contributed by atoms with Crippen LogP contribution in [0.3, 0.4) is 0 Å². The molecule has 0 fully saturated rings. The van der Waals surface area contributed by atoms with Crippen LogP contribution in [-0.4, -0.2) is 18.6 Å². The molecule has 0 aliphatic carbocycles. The Morgan fingerprint density at radius 3 is 2.68 bits per heavy atom. The van der Waals surface area contributed by atoms with Crippen LogP contribution in [0.2, 0.25) is 0 Å². The van der Waals surface area contributed by atoms with Gasteiger partial charge in [0.1, 0.15) is 11.4 Å². The van der Waals surface area contributed by atoms with E-state index in [1.807, 2.05) is 10.8 Å². The minimum Gasteiger partial charge on any atom is -0.506 e. The monoisotopic (exact) mass is 319 g/mol. The fraction of sp³-hybridized carbons (Fsp3) is 0.214. The van der Waals surface area contributed by atoms with E-state index in [4.69, 9.17) is 5.26 Å². The van der Waals surface area contributed by atoms with E-state index in [9.17, 15) is 18.6 Å². The van der Waals surface area contributed by atoms with Crippen molar-refractivity contribution in [1.29, 1.82) is 5.26 Å². The number of aliphatic hydroxyl groups is 1. The van der Waals surface area contributed by atoms with Gasteiger partial charge in [0.25, 0.3) is 0 Å². The summed E-state index contributed by atoms with van der Waals surface area (Å²) in [4.78, 5) is 0. The molecule has 1 aliphatic heterocycles. The van der Waals surface area contributed by atoms with Crippen LogP contribution in [0.5, 0.6) is 5.75 Å². The highest BCUT2D eigenvalue weighted by Crippen LogP contribution is 2.32. The fourth-order valence-corrected chi connectivity index (χ4v) is 2.84. The molecule has 1 heterocycles. The predicted octanol–water partition coefficient (Wildman–Crippen LogP) is 1.45. The zero-order valence-electron chi connectivity index (χ0n) is 11.4. The average molecular weight is 319 g/mol. The molecule has 0 aromatic heterocycles. The zero-order chi connectivity index (χ0) is 16.2. The molecule has 0 saturated carbocycles. The molecule has 2 rings (SSSR count). The smallest absolute Gasteiger partial charge is 0.330 e. The van der Waals surface area contributed by atoms with Gasteiger partial charge in [0.05, 0.1) is 12.3 Å². The second kappa shape index (κ2) is 6.29. The van der Waals surface area contributed by atoms with Gasteiger partial charge in [-0.1, -0.05) is 11.8 Å². The van der Waals surface area contributed by atoms with Gasteiger partial charge in [-0.15, -0.1) is 0 Å². The van der Waals surface area contributed by atoms with Crippen molar-refractivity contribution in [2.24, 2.45) is 0 Å². The highest BCUT2D eigenvalue weighted by atomic mass is 32.2. The van der Waals surface area contributed by atoms with E-state index in [1.54, 1.807) is 6.07 Å². The van der Waals surface area contributed by atoms with Gasteiger partial charge in [-0.25, -0.2) is 9.03 Å². The number of unbranched alkanes of at least 4 members (excludes halogenated alkanes) is 2. The summed E-state index contributed by atoms with van der Waals surface area (Å²) >= 11 is 0. The lowest BCUT2D eigenvalue weighted by Gasteiger charge is -2.15. The standard InChI is InChI=1S/C14H13N3O4S/c15-8-4-2-1-3-5-11-6-7-13(18)12(9-11)17-10-14(19)16-22(17,20)21/h6-7,9-10,16,18-19H,1-2,4H2. The molecule has 0 saturated heterocycles. The quantitative estimate of drug-likeness (QED) is 0.576. The summed E-state index contributed by atoms with van der Waals surface area (Å²) in [5, 5.41) is 27.5. The van der Waals surface area contributed by atoms with Crippen molar-refractivity contribution in [2.45, 2.75) is 19.3 Å². The van der Waals surface area contributed by atoms with Crippen molar-refractivity contribution >= 4 is 15.9 Å². The Morgan fingerprint density at radius 2 is 2.05 bits per heavy atom. The summed E-state index contributed by atoms with van der Waals surface area (Å²) in [6.07, 6.45) is 2.59. The van der Waals surface area contributed by atoms with Crippen molar-refractivity contribution in [2.75, 3.05) is 4.31 Å². The number of aliphatic hydroxyl groups excluding tert-OH is 1. The second-order valence-electron chi connectivity index (χ2n) is 4.43. The molecule has 0 unspecified atom stereocenters. The molecule has 22 heavy (non-hydrogen) atoms. The molecule has 0 atom stereocenters. The van der Waals surface area contributed by atoms with E-state index < -0.39 is 16.1 Å². The third kappa shape index (κ3) is 3.43. The molecule has 0 radical (unpaired) electrons. The van der Waals surface area contributed by atoms with Gasteiger partial charge >= 0.3 is 10.2 Å². The number of nitrogens with zero attached hydrogens (tertiary/aromatic N) is 2. The van der Waals surface area contributed by atoms with Gasteiger partial charge in [0.15, 0.2) is 0 Å². The van der Waals surface area contributed by atoms with Gasteiger partial charge in [-0.3, -0.25) is 0 Å². The van der Waals surface area contributed by atoms with E-state index in [0.29, 0.717) is 24.8 Å². The van der Waals surface area contributed by atoms with E-state index >= 15 is 0 Å². The number of hydrogen-bond acceptors (Lipinski definition) is 5. The van der Waals surface area contributed by atoms with Crippen LogP contribution in [0, 0.1) is 23.2 Å². The Balaban J connectivity index is 2.27. The number of benzene rings is 1. The van der Waals surface area contributed by atoms with Crippen LogP contribution in [0.25, 0.3) is 0 Å². The molecule has 1 aromatic rings. The van der Waals surface area contributed by atoms with Gasteiger partial charge in [0, 0.05) is 18.4 Å². The first-order valence-corrected chi connectivity index (χ1v) is 7.80. The van der Waals surface area contributed by atoms with Crippen molar-refractivity contribution in [3.63, 3.8) is 0 Å². The molecule has 0 bridgehead atoms. The highest BCUT2D eigenvalue weighted by molar-refractivity contribution is 7.91. The average Bonchev–Trinajstić information content (AvgIpc) is 2.73. The molecular weight excluding hydrogens is 306 g/mol. The number of phenolic OH excluding ortho intramolecular Hbond substituents is 1. The number of nitrogens with one attached hydrogen (secondary N) is 1. The lowest BCUT2D eigenvalue weighted by Crippen LogP contribution is -2.29. The predicted molar refractivity (Wildman–Crippen MR) is 79.7 cm³/mol. The molecule has 114 valence electrons. The number of nitriles is 1. The molecule has 1 aliphatic rings. The molecule has 0 amide bonds. The van der Waals surface area contributed by atoms with Gasteiger partial charge in [0.2, 0.25) is 5.88 Å². The molecule has 3 N–H and O–H groups in total. The zero-order valence-corrected chi connectivity index (χ0v) is 12.3. The van der Waals surface area contributed by atoms with Gasteiger partial charge in [-0.2, -0.15) is 13.7 Å². The van der Waals surface area contributed by atoms with E-state index in [-0.39, 0.29) is 11.4 Å². The van der Waals surface area contributed by atoms with Crippen molar-refractivity contribution in [1.82, 2.24) is 4.72 Å². The topological polar surface area (TPSA) is 114 Å². The maximum absolute atomic E-state index is 11.8. The third-order valence-corrected chi connectivity index (χ3v) is 4.06. The molecule has 8 heteroatoms. The number of phenols is 1. The lowest BCUT2D eigenvalue weighted by molar-refractivity contribution is 0.392.